The maximum Gasteiger partial charge on any atom is 0.321 e. The Kier molecular flexibility index (Phi) is 5.62. The Morgan fingerprint density at radius 3 is 2.57 bits per heavy atom. The van der Waals surface area contributed by atoms with Gasteiger partial charge in [-0.25, -0.2) is 4.79 Å². The molecule has 1 fully saturated rings. The summed E-state index contributed by atoms with van der Waals surface area (Å²) in [5.41, 5.74) is 3.33. The molecular weight excluding hydrogens is 264 g/mol. The number of aryl methyl sites for hydroxylation is 2. The van der Waals surface area contributed by atoms with Crippen LogP contribution in [-0.2, 0) is 12.8 Å². The minimum absolute atomic E-state index is 0.0382. The fourth-order valence-electron chi connectivity index (χ4n) is 2.99. The van der Waals surface area contributed by atoms with Crippen LogP contribution in [-0.4, -0.2) is 35.7 Å². The Morgan fingerprint density at radius 2 is 2.00 bits per heavy atom. The van der Waals surface area contributed by atoms with E-state index in [4.69, 9.17) is 0 Å². The Hall–Kier alpha value is -1.55. The van der Waals surface area contributed by atoms with E-state index in [9.17, 15) is 9.90 Å². The number of nitrogens with one attached hydrogen (secondary N) is 1. The number of aliphatic hydroxyl groups is 1. The van der Waals surface area contributed by atoms with Gasteiger partial charge < -0.3 is 15.3 Å². The summed E-state index contributed by atoms with van der Waals surface area (Å²) in [4.78, 5) is 14.3. The second-order valence-electron chi connectivity index (χ2n) is 5.73. The van der Waals surface area contributed by atoms with Crippen molar-refractivity contribution in [1.29, 1.82) is 0 Å². The summed E-state index contributed by atoms with van der Waals surface area (Å²) < 4.78 is 0. The molecule has 0 aliphatic carbocycles. The molecule has 0 spiro atoms. The predicted octanol–water partition coefficient (Wildman–Crippen LogP) is 3.05. The molecule has 21 heavy (non-hydrogen) atoms. The van der Waals surface area contributed by atoms with E-state index in [1.807, 2.05) is 4.90 Å². The van der Waals surface area contributed by atoms with Crippen molar-refractivity contribution in [3.8, 4) is 0 Å². The molecule has 116 valence electrons. The van der Waals surface area contributed by atoms with Gasteiger partial charge in [0.05, 0.1) is 0 Å². The van der Waals surface area contributed by atoms with Gasteiger partial charge in [0.15, 0.2) is 0 Å². The van der Waals surface area contributed by atoms with Crippen LogP contribution in [0.25, 0.3) is 0 Å². The molecule has 1 heterocycles. The first-order valence-corrected chi connectivity index (χ1v) is 7.97. The zero-order chi connectivity index (χ0) is 15.2. The molecule has 1 aromatic rings. The van der Waals surface area contributed by atoms with E-state index in [-0.39, 0.29) is 18.6 Å². The summed E-state index contributed by atoms with van der Waals surface area (Å²) in [5.74, 6) is 0.219. The molecule has 1 atom stereocenters. The molecule has 4 nitrogen and oxygen atoms in total. The molecule has 0 radical (unpaired) electrons. The Morgan fingerprint density at radius 1 is 1.33 bits per heavy atom. The molecule has 0 bridgehead atoms. The number of rotatable bonds is 4. The highest BCUT2D eigenvalue weighted by molar-refractivity contribution is 5.91. The van der Waals surface area contributed by atoms with Gasteiger partial charge in [-0.15, -0.1) is 0 Å². The van der Waals surface area contributed by atoms with Crippen LogP contribution in [0.3, 0.4) is 0 Å². The zero-order valence-electron chi connectivity index (χ0n) is 13.1. The van der Waals surface area contributed by atoms with Gasteiger partial charge in [0.1, 0.15) is 0 Å². The van der Waals surface area contributed by atoms with Crippen molar-refractivity contribution < 1.29 is 9.90 Å². The number of urea groups is 1. The fraction of sp³-hybridized carbons (Fsp3) is 0.588. The minimum Gasteiger partial charge on any atom is -0.396 e. The first kappa shape index (κ1) is 15.8. The summed E-state index contributed by atoms with van der Waals surface area (Å²) in [6.07, 6.45) is 3.78. The molecule has 1 aliphatic heterocycles. The van der Waals surface area contributed by atoms with E-state index < -0.39 is 0 Å². The summed E-state index contributed by atoms with van der Waals surface area (Å²) in [6, 6.07) is 6.16. The number of aliphatic hydroxyl groups excluding tert-OH is 1. The molecule has 4 heteroatoms. The van der Waals surface area contributed by atoms with Crippen LogP contribution in [0.2, 0.25) is 0 Å². The summed E-state index contributed by atoms with van der Waals surface area (Å²) in [5, 5.41) is 12.4. The van der Waals surface area contributed by atoms with Crippen molar-refractivity contribution in [2.45, 2.75) is 39.5 Å². The lowest BCUT2D eigenvalue weighted by atomic mass is 9.99. The first-order chi connectivity index (χ1) is 10.2. The molecule has 1 saturated heterocycles. The van der Waals surface area contributed by atoms with Gasteiger partial charge in [-0.3, -0.25) is 0 Å². The van der Waals surface area contributed by atoms with Crippen molar-refractivity contribution in [3.05, 3.63) is 29.3 Å². The highest BCUT2D eigenvalue weighted by atomic mass is 16.3. The van der Waals surface area contributed by atoms with Crippen molar-refractivity contribution in [3.63, 3.8) is 0 Å². The Balaban J connectivity index is 2.12. The van der Waals surface area contributed by atoms with Crippen LogP contribution < -0.4 is 5.32 Å². The number of amides is 2. The van der Waals surface area contributed by atoms with Crippen molar-refractivity contribution in [2.24, 2.45) is 5.92 Å². The third kappa shape index (κ3) is 3.76. The van der Waals surface area contributed by atoms with E-state index in [2.05, 4.69) is 37.4 Å². The predicted molar refractivity (Wildman–Crippen MR) is 85.6 cm³/mol. The van der Waals surface area contributed by atoms with Gasteiger partial charge in [-0.2, -0.15) is 0 Å². The lowest BCUT2D eigenvalue weighted by molar-refractivity contribution is 0.136. The van der Waals surface area contributed by atoms with Crippen molar-refractivity contribution in [2.75, 3.05) is 25.0 Å². The number of benzene rings is 1. The molecule has 2 amide bonds. The van der Waals surface area contributed by atoms with Crippen LogP contribution in [0.5, 0.6) is 0 Å². The van der Waals surface area contributed by atoms with E-state index >= 15 is 0 Å². The summed E-state index contributed by atoms with van der Waals surface area (Å²) in [7, 11) is 0. The lowest BCUT2D eigenvalue weighted by Crippen LogP contribution is -2.43. The van der Waals surface area contributed by atoms with E-state index in [1.165, 1.54) is 11.1 Å². The number of anilines is 1. The van der Waals surface area contributed by atoms with Gasteiger partial charge in [-0.1, -0.05) is 32.0 Å². The number of hydrogen-bond acceptors (Lipinski definition) is 2. The quantitative estimate of drug-likeness (QED) is 0.895. The van der Waals surface area contributed by atoms with Gasteiger partial charge >= 0.3 is 6.03 Å². The average Bonchev–Trinajstić information content (AvgIpc) is 2.54. The summed E-state index contributed by atoms with van der Waals surface area (Å²) in [6.45, 7) is 5.80. The standard InChI is InChI=1S/C17H26N2O2/c1-3-14-8-5-9-15(4-2)16(14)18-17(21)19-10-6-7-13(11-19)12-20/h5,8-9,13,20H,3-4,6-7,10-12H2,1-2H3,(H,18,21). The number of para-hydroxylation sites is 1. The molecule has 2 N–H and O–H groups in total. The van der Waals surface area contributed by atoms with Crippen LogP contribution in [0, 0.1) is 5.92 Å². The van der Waals surface area contributed by atoms with E-state index in [0.717, 1.165) is 37.9 Å². The number of carbonyl (C=O) groups is 1. The third-order valence-corrected chi connectivity index (χ3v) is 4.30. The number of piperidine rings is 1. The number of nitrogens with zero attached hydrogens (tertiary/aromatic N) is 1. The molecular formula is C17H26N2O2. The fourth-order valence-corrected chi connectivity index (χ4v) is 2.99. The third-order valence-electron chi connectivity index (χ3n) is 4.30. The van der Waals surface area contributed by atoms with Gasteiger partial charge in [0.2, 0.25) is 0 Å². The highest BCUT2D eigenvalue weighted by Crippen LogP contribution is 2.24. The largest absolute Gasteiger partial charge is 0.396 e. The van der Waals surface area contributed by atoms with Crippen molar-refractivity contribution in [1.82, 2.24) is 4.90 Å². The highest BCUT2D eigenvalue weighted by Gasteiger charge is 2.23. The maximum atomic E-state index is 12.5. The maximum absolute atomic E-state index is 12.5. The Labute approximate surface area is 127 Å². The number of hydrogen-bond donors (Lipinski definition) is 2. The van der Waals surface area contributed by atoms with Gasteiger partial charge in [0.25, 0.3) is 0 Å². The van der Waals surface area contributed by atoms with Crippen LogP contribution in [0.15, 0.2) is 18.2 Å². The van der Waals surface area contributed by atoms with Crippen LogP contribution >= 0.6 is 0 Å². The second-order valence-corrected chi connectivity index (χ2v) is 5.73. The minimum atomic E-state index is -0.0382. The molecule has 1 aliphatic rings. The SMILES string of the molecule is CCc1cccc(CC)c1NC(=O)N1CCCC(CO)C1. The summed E-state index contributed by atoms with van der Waals surface area (Å²) >= 11 is 0. The zero-order valence-corrected chi connectivity index (χ0v) is 13.1. The molecule has 1 unspecified atom stereocenters. The number of carbonyl (C=O) groups excluding carboxylic acids is 1. The smallest absolute Gasteiger partial charge is 0.321 e. The van der Waals surface area contributed by atoms with Gasteiger partial charge in [-0.05, 0) is 42.7 Å². The lowest BCUT2D eigenvalue weighted by Gasteiger charge is -2.32. The van der Waals surface area contributed by atoms with Crippen molar-refractivity contribution >= 4 is 11.7 Å². The molecule has 2 rings (SSSR count). The first-order valence-electron chi connectivity index (χ1n) is 7.97. The molecule has 0 saturated carbocycles. The van der Waals surface area contributed by atoms with Crippen LogP contribution in [0.1, 0.15) is 37.8 Å². The monoisotopic (exact) mass is 290 g/mol. The topological polar surface area (TPSA) is 52.6 Å². The van der Waals surface area contributed by atoms with Crippen LogP contribution in [0.4, 0.5) is 10.5 Å². The Bertz CT molecular complexity index is 465. The normalized spacial score (nSPS) is 18.6. The second kappa shape index (κ2) is 7.46. The van der Waals surface area contributed by atoms with E-state index in [1.54, 1.807) is 0 Å². The van der Waals surface area contributed by atoms with Gasteiger partial charge in [0, 0.05) is 25.4 Å². The van der Waals surface area contributed by atoms with E-state index in [0.29, 0.717) is 6.54 Å². The molecule has 0 aromatic heterocycles. The average molecular weight is 290 g/mol. The number of likely N-dealkylation sites (tertiary alicyclic amines) is 1. The molecule has 1 aromatic carbocycles.